The predicted molar refractivity (Wildman–Crippen MR) is 117 cm³/mol. The van der Waals surface area contributed by atoms with Gasteiger partial charge in [0.1, 0.15) is 5.75 Å². The van der Waals surface area contributed by atoms with Crippen LogP contribution in [0.5, 0.6) is 5.75 Å². The van der Waals surface area contributed by atoms with E-state index in [2.05, 4.69) is 18.7 Å². The molecule has 0 radical (unpaired) electrons. The molecule has 1 aromatic heterocycles. The maximum Gasteiger partial charge on any atom is 0.260 e. The zero-order valence-corrected chi connectivity index (χ0v) is 17.8. The summed E-state index contributed by atoms with van der Waals surface area (Å²) in [6.45, 7) is 9.63. The number of benzene rings is 2. The maximum absolute atomic E-state index is 13.3. The van der Waals surface area contributed by atoms with Gasteiger partial charge in [0.05, 0.1) is 17.3 Å². The molecule has 6 heteroatoms. The molecule has 0 spiro atoms. The molecular weight excluding hydrogens is 370 g/mol. The minimum absolute atomic E-state index is 0.0156. The van der Waals surface area contributed by atoms with Gasteiger partial charge in [-0.1, -0.05) is 42.9 Å². The second kappa shape index (κ2) is 9.17. The van der Waals surface area contributed by atoms with E-state index in [1.165, 1.54) is 11.3 Å². The molecule has 1 heterocycles. The van der Waals surface area contributed by atoms with E-state index in [1.54, 1.807) is 12.0 Å². The predicted octanol–water partition coefficient (Wildman–Crippen LogP) is 4.60. The molecule has 1 amide bonds. The van der Waals surface area contributed by atoms with Crippen LogP contribution >= 0.6 is 11.3 Å². The Balaban J connectivity index is 1.94. The van der Waals surface area contributed by atoms with Gasteiger partial charge in [0.15, 0.2) is 5.13 Å². The van der Waals surface area contributed by atoms with Gasteiger partial charge in [-0.2, -0.15) is 0 Å². The zero-order valence-electron chi connectivity index (χ0n) is 16.9. The Bertz CT molecular complexity index is 933. The Morgan fingerprint density at radius 2 is 1.79 bits per heavy atom. The lowest BCUT2D eigenvalue weighted by molar-refractivity contribution is 0.0984. The second-order valence-electron chi connectivity index (χ2n) is 6.68. The van der Waals surface area contributed by atoms with Crippen molar-refractivity contribution < 1.29 is 9.53 Å². The van der Waals surface area contributed by atoms with E-state index in [1.807, 2.05) is 49.4 Å². The highest BCUT2D eigenvalue weighted by Crippen LogP contribution is 2.32. The summed E-state index contributed by atoms with van der Waals surface area (Å²) in [4.78, 5) is 22.2. The Kier molecular flexibility index (Phi) is 6.65. The molecular formula is C22H27N3O2S. The van der Waals surface area contributed by atoms with Gasteiger partial charge in [-0.3, -0.25) is 9.69 Å². The zero-order chi connectivity index (χ0) is 20.1. The minimum atomic E-state index is -0.0156. The molecule has 0 atom stereocenters. The Hall–Kier alpha value is -2.44. The van der Waals surface area contributed by atoms with Gasteiger partial charge in [-0.05, 0) is 44.3 Å². The number of aryl methyl sites for hydroxylation is 1. The first-order chi connectivity index (χ1) is 13.5. The third-order valence-electron chi connectivity index (χ3n) is 4.89. The van der Waals surface area contributed by atoms with E-state index in [4.69, 9.17) is 9.72 Å². The molecule has 0 fully saturated rings. The summed E-state index contributed by atoms with van der Waals surface area (Å²) in [6.07, 6.45) is 0. The fraction of sp³-hybridized carbons (Fsp3) is 0.364. The van der Waals surface area contributed by atoms with Gasteiger partial charge in [-0.25, -0.2) is 4.98 Å². The van der Waals surface area contributed by atoms with Gasteiger partial charge >= 0.3 is 0 Å². The van der Waals surface area contributed by atoms with Crippen molar-refractivity contribution in [3.8, 4) is 5.75 Å². The van der Waals surface area contributed by atoms with Crippen LogP contribution in [-0.2, 0) is 0 Å². The first kappa shape index (κ1) is 20.3. The van der Waals surface area contributed by atoms with Gasteiger partial charge in [-0.15, -0.1) is 0 Å². The number of carbonyl (C=O) groups is 1. The van der Waals surface area contributed by atoms with Crippen molar-refractivity contribution in [1.29, 1.82) is 0 Å². The van der Waals surface area contributed by atoms with Crippen molar-refractivity contribution in [2.75, 3.05) is 38.2 Å². The van der Waals surface area contributed by atoms with Gasteiger partial charge < -0.3 is 9.64 Å². The number of rotatable bonds is 8. The third kappa shape index (κ3) is 4.51. The van der Waals surface area contributed by atoms with Crippen LogP contribution in [0, 0.1) is 6.92 Å². The van der Waals surface area contributed by atoms with Crippen LogP contribution in [0.3, 0.4) is 0 Å². The number of fused-ring (bicyclic) bond motifs is 1. The number of amides is 1. The maximum atomic E-state index is 13.3. The number of carbonyl (C=O) groups excluding carboxylic acids is 1. The summed E-state index contributed by atoms with van der Waals surface area (Å²) >= 11 is 1.54. The van der Waals surface area contributed by atoms with Crippen LogP contribution in [0.25, 0.3) is 10.2 Å². The SMILES string of the molecule is CCN(CC)CCN(C(=O)c1ccc(C)cc1)c1nc2cc(OC)ccc2s1. The van der Waals surface area contributed by atoms with E-state index in [9.17, 15) is 4.79 Å². The molecule has 0 N–H and O–H groups in total. The lowest BCUT2D eigenvalue weighted by Gasteiger charge is -2.24. The molecule has 0 aliphatic carbocycles. The molecule has 0 unspecified atom stereocenters. The molecule has 2 aromatic carbocycles. The number of nitrogens with zero attached hydrogens (tertiary/aromatic N) is 3. The van der Waals surface area contributed by atoms with Crippen LogP contribution < -0.4 is 9.64 Å². The first-order valence-electron chi connectivity index (χ1n) is 9.61. The van der Waals surface area contributed by atoms with Gasteiger partial charge in [0, 0.05) is 24.7 Å². The Morgan fingerprint density at radius 3 is 2.43 bits per heavy atom. The lowest BCUT2D eigenvalue weighted by atomic mass is 10.1. The number of thiazole rings is 1. The average molecular weight is 398 g/mol. The Morgan fingerprint density at radius 1 is 1.07 bits per heavy atom. The number of hydrogen-bond donors (Lipinski definition) is 0. The number of ether oxygens (including phenoxy) is 1. The second-order valence-corrected chi connectivity index (χ2v) is 7.69. The summed E-state index contributed by atoms with van der Waals surface area (Å²) in [6, 6.07) is 13.5. The van der Waals surface area contributed by atoms with Crippen molar-refractivity contribution in [2.45, 2.75) is 20.8 Å². The van der Waals surface area contributed by atoms with Crippen molar-refractivity contribution in [3.05, 3.63) is 53.6 Å². The van der Waals surface area contributed by atoms with Crippen molar-refractivity contribution in [3.63, 3.8) is 0 Å². The number of likely N-dealkylation sites (N-methyl/N-ethyl adjacent to an activating group) is 1. The minimum Gasteiger partial charge on any atom is -0.497 e. The summed E-state index contributed by atoms with van der Waals surface area (Å²) in [7, 11) is 1.64. The number of hydrogen-bond acceptors (Lipinski definition) is 5. The average Bonchev–Trinajstić information content (AvgIpc) is 3.14. The van der Waals surface area contributed by atoms with E-state index in [0.717, 1.165) is 46.3 Å². The van der Waals surface area contributed by atoms with E-state index < -0.39 is 0 Å². The van der Waals surface area contributed by atoms with Crippen molar-refractivity contribution >= 4 is 32.6 Å². The Labute approximate surface area is 170 Å². The molecule has 28 heavy (non-hydrogen) atoms. The van der Waals surface area contributed by atoms with Crippen LogP contribution in [0.15, 0.2) is 42.5 Å². The molecule has 5 nitrogen and oxygen atoms in total. The standard InChI is InChI=1S/C22H27N3O2S/c1-5-24(6-2)13-14-25(21(26)17-9-7-16(3)8-10-17)22-23-19-15-18(27-4)11-12-20(19)28-22/h7-12,15H,5-6,13-14H2,1-4H3. The lowest BCUT2D eigenvalue weighted by Crippen LogP contribution is -2.38. The molecule has 3 rings (SSSR count). The summed E-state index contributed by atoms with van der Waals surface area (Å²) < 4.78 is 6.35. The number of aromatic nitrogens is 1. The summed E-state index contributed by atoms with van der Waals surface area (Å²) in [5, 5.41) is 0.723. The van der Waals surface area contributed by atoms with E-state index in [-0.39, 0.29) is 5.91 Å². The monoisotopic (exact) mass is 397 g/mol. The molecule has 0 aliphatic heterocycles. The van der Waals surface area contributed by atoms with Crippen LogP contribution in [0.4, 0.5) is 5.13 Å². The van der Waals surface area contributed by atoms with Crippen molar-refractivity contribution in [2.24, 2.45) is 0 Å². The van der Waals surface area contributed by atoms with E-state index in [0.29, 0.717) is 12.1 Å². The fourth-order valence-electron chi connectivity index (χ4n) is 3.05. The first-order valence-corrected chi connectivity index (χ1v) is 10.4. The summed E-state index contributed by atoms with van der Waals surface area (Å²) in [5.41, 5.74) is 2.67. The normalized spacial score (nSPS) is 11.2. The number of methoxy groups -OCH3 is 1. The molecule has 0 saturated carbocycles. The highest BCUT2D eigenvalue weighted by atomic mass is 32.1. The van der Waals surface area contributed by atoms with Crippen LogP contribution in [0.2, 0.25) is 0 Å². The van der Waals surface area contributed by atoms with Gasteiger partial charge in [0.2, 0.25) is 0 Å². The quantitative estimate of drug-likeness (QED) is 0.557. The molecule has 148 valence electrons. The topological polar surface area (TPSA) is 45.7 Å². The third-order valence-corrected chi connectivity index (χ3v) is 5.95. The smallest absolute Gasteiger partial charge is 0.260 e. The molecule has 0 bridgehead atoms. The highest BCUT2D eigenvalue weighted by Gasteiger charge is 2.22. The van der Waals surface area contributed by atoms with Crippen LogP contribution in [0.1, 0.15) is 29.8 Å². The number of anilines is 1. The molecule has 3 aromatic rings. The summed E-state index contributed by atoms with van der Waals surface area (Å²) in [5.74, 6) is 0.752. The molecule has 0 aliphatic rings. The largest absolute Gasteiger partial charge is 0.497 e. The van der Waals surface area contributed by atoms with Crippen LogP contribution in [-0.4, -0.2) is 49.1 Å². The van der Waals surface area contributed by atoms with Gasteiger partial charge in [0.25, 0.3) is 5.91 Å². The van der Waals surface area contributed by atoms with Crippen molar-refractivity contribution in [1.82, 2.24) is 9.88 Å². The van der Waals surface area contributed by atoms with E-state index >= 15 is 0 Å². The highest BCUT2D eigenvalue weighted by molar-refractivity contribution is 7.22. The molecule has 0 saturated heterocycles. The fourth-order valence-corrected chi connectivity index (χ4v) is 4.03.